The first-order chi connectivity index (χ1) is 17.7. The summed E-state index contributed by atoms with van der Waals surface area (Å²) in [6, 6.07) is 6.99. The second-order valence-electron chi connectivity index (χ2n) is 8.58. The van der Waals surface area contributed by atoms with Crippen LogP contribution in [0.1, 0.15) is 76.6 Å². The van der Waals surface area contributed by atoms with Crippen LogP contribution in [0.3, 0.4) is 0 Å². The summed E-state index contributed by atoms with van der Waals surface area (Å²) >= 11 is 0. The van der Waals surface area contributed by atoms with Crippen molar-refractivity contribution in [3.05, 3.63) is 65.2 Å². The second-order valence-corrected chi connectivity index (χ2v) is 8.58. The highest BCUT2D eigenvalue weighted by atomic mass is 16.4. The molecule has 0 radical (unpaired) electrons. The lowest BCUT2D eigenvalue weighted by molar-refractivity contribution is -0.137. The van der Waals surface area contributed by atoms with Gasteiger partial charge in [-0.2, -0.15) is 4.99 Å². The maximum Gasteiger partial charge on any atom is 0.303 e. The first-order valence-electron chi connectivity index (χ1n) is 12.7. The first-order valence-corrected chi connectivity index (χ1v) is 12.7. The summed E-state index contributed by atoms with van der Waals surface area (Å²) in [6.45, 7) is 8.35. The highest BCUT2D eigenvalue weighted by molar-refractivity contribution is 5.99. The summed E-state index contributed by atoms with van der Waals surface area (Å²) < 4.78 is 0. The number of hydrogen-bond donors (Lipinski definition) is 5. The van der Waals surface area contributed by atoms with Crippen molar-refractivity contribution in [1.82, 2.24) is 5.32 Å². The number of carboxylic acids is 1. The topological polar surface area (TPSA) is 149 Å². The molecule has 37 heavy (non-hydrogen) atoms. The largest absolute Gasteiger partial charge is 0.492 e. The van der Waals surface area contributed by atoms with E-state index >= 15 is 0 Å². The Morgan fingerprint density at radius 3 is 2.30 bits per heavy atom. The minimum absolute atomic E-state index is 0.0144. The van der Waals surface area contributed by atoms with Crippen molar-refractivity contribution in [1.29, 1.82) is 0 Å². The van der Waals surface area contributed by atoms with Gasteiger partial charge in [-0.3, -0.25) is 9.59 Å². The minimum atomic E-state index is -0.885. The van der Waals surface area contributed by atoms with Gasteiger partial charge < -0.3 is 26.6 Å². The van der Waals surface area contributed by atoms with Crippen molar-refractivity contribution in [2.24, 2.45) is 15.7 Å². The van der Waals surface area contributed by atoms with Gasteiger partial charge in [-0.05, 0) is 69.0 Å². The molecule has 9 nitrogen and oxygen atoms in total. The van der Waals surface area contributed by atoms with Crippen molar-refractivity contribution in [3.8, 4) is 0 Å². The summed E-state index contributed by atoms with van der Waals surface area (Å²) in [4.78, 5) is 31.6. The Balaban J connectivity index is 3.07. The Bertz CT molecular complexity index is 1030. The van der Waals surface area contributed by atoms with Crippen LogP contribution >= 0.6 is 0 Å². The number of carbonyl (C=O) groups excluding carboxylic acids is 1. The van der Waals surface area contributed by atoms with Gasteiger partial charge in [-0.25, -0.2) is 4.99 Å². The van der Waals surface area contributed by atoms with Gasteiger partial charge in [0, 0.05) is 24.2 Å². The van der Waals surface area contributed by atoms with Crippen molar-refractivity contribution in [2.45, 2.75) is 66.2 Å². The van der Waals surface area contributed by atoms with Crippen molar-refractivity contribution in [3.63, 3.8) is 0 Å². The number of aliphatic carboxylic acids is 1. The molecule has 0 aliphatic carbocycles. The van der Waals surface area contributed by atoms with Crippen LogP contribution in [0.15, 0.2) is 69.6 Å². The number of nitrogens with two attached hydrogens (primary N) is 1. The van der Waals surface area contributed by atoms with Gasteiger partial charge in [0.1, 0.15) is 5.70 Å². The Labute approximate surface area is 220 Å². The van der Waals surface area contributed by atoms with E-state index in [9.17, 15) is 14.7 Å². The molecule has 0 aliphatic heterocycles. The molecule has 1 rings (SSSR count). The number of aliphatic imine (C=N–C) groups is 2. The number of hydrogen-bond acceptors (Lipinski definition) is 6. The van der Waals surface area contributed by atoms with Gasteiger partial charge in [0.15, 0.2) is 0 Å². The number of anilines is 1. The number of amides is 1. The number of benzene rings is 1. The number of carbonyl (C=O) groups is 2. The van der Waals surface area contributed by atoms with E-state index in [1.54, 1.807) is 31.2 Å². The van der Waals surface area contributed by atoms with Crippen LogP contribution in [-0.2, 0) is 4.79 Å². The lowest BCUT2D eigenvalue weighted by atomic mass is 10.1. The third-order valence-electron chi connectivity index (χ3n) is 5.10. The minimum Gasteiger partial charge on any atom is -0.492 e. The lowest BCUT2D eigenvalue weighted by Gasteiger charge is -2.11. The van der Waals surface area contributed by atoms with Crippen LogP contribution in [0.4, 0.5) is 5.69 Å². The third kappa shape index (κ3) is 13.1. The second kappa shape index (κ2) is 17.5. The van der Waals surface area contributed by atoms with Gasteiger partial charge >= 0.3 is 5.97 Å². The van der Waals surface area contributed by atoms with Crippen molar-refractivity contribution < 1.29 is 19.8 Å². The van der Waals surface area contributed by atoms with E-state index in [-0.39, 0.29) is 24.0 Å². The van der Waals surface area contributed by atoms with Gasteiger partial charge in [-0.15, -0.1) is 0 Å². The fourth-order valence-corrected chi connectivity index (χ4v) is 3.13. The summed E-state index contributed by atoms with van der Waals surface area (Å²) in [7, 11) is 0. The quantitative estimate of drug-likeness (QED) is 0.0665. The van der Waals surface area contributed by atoms with E-state index in [1.807, 2.05) is 25.2 Å². The number of aliphatic hydroxyl groups excluding tert-OH is 1. The zero-order valence-corrected chi connectivity index (χ0v) is 22.4. The molecule has 1 aromatic carbocycles. The number of nitrogens with zero attached hydrogens (tertiary/aromatic N) is 2. The average Bonchev–Trinajstić information content (AvgIpc) is 2.86. The molecule has 0 spiro atoms. The Morgan fingerprint density at radius 2 is 1.70 bits per heavy atom. The molecule has 9 heteroatoms. The molecule has 1 amide bonds. The zero-order valence-electron chi connectivity index (χ0n) is 22.4. The van der Waals surface area contributed by atoms with E-state index in [4.69, 9.17) is 15.8 Å². The summed E-state index contributed by atoms with van der Waals surface area (Å²) in [5.74, 6) is -1.13. The molecule has 0 aliphatic rings. The standard InChI is InChI=1S/C28H41N5O4/c1-5-7-9-12-24(33-26(20(3)11-8-6-2)28(37)32-21(4)29)19-31-23-16-14-22(15-17-23)27(36)30-18-10-13-25(34)35/h9,11-12,14-17,31,37H,5-8,10,13,18-19H2,1-4H3,(H2,29,32)(H,30,36)(H,34,35)/b12-9+,20-11+,28-26-,33-24-. The maximum absolute atomic E-state index is 12.3. The van der Waals surface area contributed by atoms with Crippen LogP contribution in [0.25, 0.3) is 0 Å². The Hall–Kier alpha value is -3.88. The fraction of sp³-hybridized carbons (Fsp3) is 0.429. The summed E-state index contributed by atoms with van der Waals surface area (Å²) in [6.07, 6.45) is 10.1. The Morgan fingerprint density at radius 1 is 1.03 bits per heavy atom. The molecule has 0 saturated carbocycles. The molecular weight excluding hydrogens is 470 g/mol. The summed E-state index contributed by atoms with van der Waals surface area (Å²) in [5, 5.41) is 25.3. The van der Waals surface area contributed by atoms with Gasteiger partial charge in [0.25, 0.3) is 5.91 Å². The number of nitrogens with one attached hydrogen (secondary N) is 2. The molecule has 0 bridgehead atoms. The number of amidine groups is 1. The van der Waals surface area contributed by atoms with Crippen LogP contribution < -0.4 is 16.4 Å². The zero-order chi connectivity index (χ0) is 27.6. The molecular formula is C28H41N5O4. The van der Waals surface area contributed by atoms with E-state index < -0.39 is 5.97 Å². The molecule has 0 heterocycles. The van der Waals surface area contributed by atoms with Crippen LogP contribution in [-0.4, -0.2) is 46.7 Å². The van der Waals surface area contributed by atoms with Crippen molar-refractivity contribution >= 4 is 29.1 Å². The van der Waals surface area contributed by atoms with E-state index in [0.29, 0.717) is 36.5 Å². The SMILES string of the molecule is CCC/C=C/C(CNc1ccc(C(=O)NCCCC(=O)O)cc1)=N/C(=C(O)/N=C(\C)N)C(/C)=C/CCC. The predicted molar refractivity (Wildman–Crippen MR) is 151 cm³/mol. The van der Waals surface area contributed by atoms with Gasteiger partial charge in [0.2, 0.25) is 5.88 Å². The normalized spacial score (nSPS) is 13.5. The molecule has 0 fully saturated rings. The van der Waals surface area contributed by atoms with Gasteiger partial charge in [0.05, 0.1) is 18.1 Å². The van der Waals surface area contributed by atoms with E-state index in [2.05, 4.69) is 29.5 Å². The van der Waals surface area contributed by atoms with Crippen LogP contribution in [0, 0.1) is 0 Å². The summed E-state index contributed by atoms with van der Waals surface area (Å²) in [5.41, 5.74) is 8.84. The fourth-order valence-electron chi connectivity index (χ4n) is 3.13. The highest BCUT2D eigenvalue weighted by Gasteiger charge is 2.10. The molecule has 0 aromatic heterocycles. The molecule has 0 saturated heterocycles. The lowest BCUT2D eigenvalue weighted by Crippen LogP contribution is -2.24. The van der Waals surface area contributed by atoms with Crippen LogP contribution in [0.5, 0.6) is 0 Å². The van der Waals surface area contributed by atoms with E-state index in [0.717, 1.165) is 36.9 Å². The number of allylic oxidation sites excluding steroid dienone is 3. The maximum atomic E-state index is 12.3. The highest BCUT2D eigenvalue weighted by Crippen LogP contribution is 2.18. The molecule has 6 N–H and O–H groups in total. The molecule has 1 aromatic rings. The van der Waals surface area contributed by atoms with E-state index in [1.165, 1.54) is 0 Å². The predicted octanol–water partition coefficient (Wildman–Crippen LogP) is 5.34. The average molecular weight is 512 g/mol. The van der Waals surface area contributed by atoms with Crippen molar-refractivity contribution in [2.75, 3.05) is 18.4 Å². The number of unbranched alkanes of at least 4 members (excludes halogenated alkanes) is 2. The molecule has 202 valence electrons. The number of aliphatic hydroxyl groups is 1. The monoisotopic (exact) mass is 511 g/mol. The Kier molecular flexibility index (Phi) is 14.8. The van der Waals surface area contributed by atoms with Gasteiger partial charge in [-0.1, -0.05) is 38.8 Å². The third-order valence-corrected chi connectivity index (χ3v) is 5.10. The smallest absolute Gasteiger partial charge is 0.303 e. The van der Waals surface area contributed by atoms with Crippen LogP contribution in [0.2, 0.25) is 0 Å². The number of carboxylic acid groups (broad SMARTS) is 1. The first kappa shape index (κ1) is 31.2. The molecule has 0 atom stereocenters. The number of rotatable bonds is 16. The molecule has 0 unspecified atom stereocenters.